The second kappa shape index (κ2) is 7.03. The minimum absolute atomic E-state index is 0.0861. The Balaban J connectivity index is 1.63. The lowest BCUT2D eigenvalue weighted by atomic mass is 9.88. The van der Waals surface area contributed by atoms with Crippen molar-refractivity contribution in [2.24, 2.45) is 0 Å². The van der Waals surface area contributed by atoms with Gasteiger partial charge in [0.05, 0.1) is 5.56 Å². The Labute approximate surface area is 159 Å². The zero-order valence-corrected chi connectivity index (χ0v) is 14.6. The molecule has 28 heavy (non-hydrogen) atoms. The lowest BCUT2D eigenvalue weighted by molar-refractivity contribution is -0.148. The summed E-state index contributed by atoms with van der Waals surface area (Å²) in [6.07, 6.45) is -4.51. The molecule has 1 aliphatic rings. The minimum Gasteiger partial charge on any atom is -0.460 e. The number of fused-ring (bicyclic) bond motifs is 2. The van der Waals surface area contributed by atoms with Gasteiger partial charge in [0, 0.05) is 16.7 Å². The standard InChI is InChI=1S/C22H15F3O3/c23-22(24,25)17-10-4-1-7-14(17)13-27-21(26)20-15-8-2-5-11-18(15)28-19-12-6-3-9-16(19)20/h1-12,20H,13H2. The van der Waals surface area contributed by atoms with Gasteiger partial charge in [0.15, 0.2) is 0 Å². The largest absolute Gasteiger partial charge is 0.460 e. The smallest absolute Gasteiger partial charge is 0.416 e. The molecule has 0 unspecified atom stereocenters. The first-order chi connectivity index (χ1) is 13.4. The molecule has 0 N–H and O–H groups in total. The third-order valence-corrected chi connectivity index (χ3v) is 4.61. The quantitative estimate of drug-likeness (QED) is 0.545. The third kappa shape index (κ3) is 3.33. The number of halogens is 3. The van der Waals surface area contributed by atoms with Gasteiger partial charge in [-0.05, 0) is 18.2 Å². The summed E-state index contributed by atoms with van der Waals surface area (Å²) < 4.78 is 50.6. The van der Waals surface area contributed by atoms with Gasteiger partial charge in [-0.25, -0.2) is 0 Å². The van der Waals surface area contributed by atoms with Crippen LogP contribution in [0.15, 0.2) is 72.8 Å². The molecule has 0 radical (unpaired) electrons. The van der Waals surface area contributed by atoms with E-state index in [1.165, 1.54) is 18.2 Å². The van der Waals surface area contributed by atoms with Crippen LogP contribution >= 0.6 is 0 Å². The summed E-state index contributed by atoms with van der Waals surface area (Å²) in [6, 6.07) is 19.2. The van der Waals surface area contributed by atoms with E-state index < -0.39 is 30.2 Å². The van der Waals surface area contributed by atoms with Crippen molar-refractivity contribution in [2.45, 2.75) is 18.7 Å². The van der Waals surface area contributed by atoms with Gasteiger partial charge in [-0.15, -0.1) is 0 Å². The van der Waals surface area contributed by atoms with E-state index in [0.29, 0.717) is 22.6 Å². The van der Waals surface area contributed by atoms with Crippen molar-refractivity contribution >= 4 is 5.97 Å². The zero-order chi connectivity index (χ0) is 19.7. The molecule has 3 nitrogen and oxygen atoms in total. The molecule has 4 rings (SSSR count). The maximum Gasteiger partial charge on any atom is 0.416 e. The number of esters is 1. The maximum atomic E-state index is 13.2. The lowest BCUT2D eigenvalue weighted by Gasteiger charge is -2.27. The molecule has 142 valence electrons. The molecule has 0 fully saturated rings. The molecule has 0 saturated carbocycles. The summed E-state index contributed by atoms with van der Waals surface area (Å²) >= 11 is 0. The van der Waals surface area contributed by atoms with Crippen LogP contribution in [0.25, 0.3) is 0 Å². The van der Waals surface area contributed by atoms with Crippen LogP contribution in [0, 0.1) is 0 Å². The summed E-state index contributed by atoms with van der Waals surface area (Å²) in [4.78, 5) is 12.9. The summed E-state index contributed by atoms with van der Waals surface area (Å²) in [7, 11) is 0. The van der Waals surface area contributed by atoms with Crippen molar-refractivity contribution in [1.82, 2.24) is 0 Å². The van der Waals surface area contributed by atoms with E-state index in [1.807, 2.05) is 0 Å². The molecule has 0 bridgehead atoms. The molecule has 0 saturated heterocycles. The molecule has 1 heterocycles. The van der Waals surface area contributed by atoms with Crippen molar-refractivity contribution in [3.05, 3.63) is 95.1 Å². The summed E-state index contributed by atoms with van der Waals surface area (Å²) in [6.45, 7) is -0.462. The predicted molar refractivity (Wildman–Crippen MR) is 96.0 cm³/mol. The van der Waals surface area contributed by atoms with Crippen LogP contribution in [-0.4, -0.2) is 5.97 Å². The number of hydrogen-bond acceptors (Lipinski definition) is 3. The molecule has 1 aliphatic heterocycles. The summed E-state index contributed by atoms with van der Waals surface area (Å²) in [5.74, 6) is -0.336. The molecule has 0 atom stereocenters. The first-order valence-electron chi connectivity index (χ1n) is 8.62. The molecular formula is C22H15F3O3. The van der Waals surface area contributed by atoms with Gasteiger partial charge in [0.25, 0.3) is 0 Å². The minimum atomic E-state index is -4.51. The van der Waals surface area contributed by atoms with E-state index in [0.717, 1.165) is 6.07 Å². The van der Waals surface area contributed by atoms with E-state index >= 15 is 0 Å². The van der Waals surface area contributed by atoms with Gasteiger partial charge >= 0.3 is 12.1 Å². The highest BCUT2D eigenvalue weighted by atomic mass is 19.4. The van der Waals surface area contributed by atoms with E-state index in [2.05, 4.69) is 0 Å². The number of carbonyl (C=O) groups is 1. The van der Waals surface area contributed by atoms with Crippen molar-refractivity contribution in [3.8, 4) is 11.5 Å². The van der Waals surface area contributed by atoms with Gasteiger partial charge in [-0.1, -0.05) is 54.6 Å². The maximum absolute atomic E-state index is 13.2. The molecule has 3 aromatic rings. The molecule has 0 aliphatic carbocycles. The van der Waals surface area contributed by atoms with Gasteiger partial charge in [-0.2, -0.15) is 13.2 Å². The molecular weight excluding hydrogens is 369 g/mol. The lowest BCUT2D eigenvalue weighted by Crippen LogP contribution is -2.21. The van der Waals surface area contributed by atoms with Crippen LogP contribution < -0.4 is 4.74 Å². The molecule has 0 spiro atoms. The zero-order valence-electron chi connectivity index (χ0n) is 14.6. The van der Waals surface area contributed by atoms with Crippen molar-refractivity contribution < 1.29 is 27.4 Å². The SMILES string of the molecule is O=C(OCc1ccccc1C(F)(F)F)C1c2ccccc2Oc2ccccc21. The summed E-state index contributed by atoms with van der Waals surface area (Å²) in [5.41, 5.74) is 0.346. The number of rotatable bonds is 3. The Kier molecular flexibility index (Phi) is 4.55. The fourth-order valence-electron chi connectivity index (χ4n) is 3.32. The van der Waals surface area contributed by atoms with Gasteiger partial charge < -0.3 is 9.47 Å². The first-order valence-corrected chi connectivity index (χ1v) is 8.62. The highest BCUT2D eigenvalue weighted by Crippen LogP contribution is 2.44. The third-order valence-electron chi connectivity index (χ3n) is 4.61. The van der Waals surface area contributed by atoms with Crippen molar-refractivity contribution in [2.75, 3.05) is 0 Å². The van der Waals surface area contributed by atoms with E-state index in [1.54, 1.807) is 48.5 Å². The van der Waals surface area contributed by atoms with Crippen LogP contribution in [0.2, 0.25) is 0 Å². The van der Waals surface area contributed by atoms with Crippen LogP contribution in [0.3, 0.4) is 0 Å². The van der Waals surface area contributed by atoms with Gasteiger partial charge in [-0.3, -0.25) is 4.79 Å². The number of ether oxygens (including phenoxy) is 2. The fourth-order valence-corrected chi connectivity index (χ4v) is 3.32. The van der Waals surface area contributed by atoms with E-state index in [-0.39, 0.29) is 5.56 Å². The number of carbonyl (C=O) groups excluding carboxylic acids is 1. The average Bonchev–Trinajstić information content (AvgIpc) is 2.69. The Morgan fingerprint density at radius 3 is 2.00 bits per heavy atom. The van der Waals surface area contributed by atoms with Crippen molar-refractivity contribution in [1.29, 1.82) is 0 Å². The second-order valence-electron chi connectivity index (χ2n) is 6.37. The van der Waals surface area contributed by atoms with Gasteiger partial charge in [0.2, 0.25) is 0 Å². The predicted octanol–water partition coefficient (Wildman–Crippen LogP) is 5.69. The molecule has 0 amide bonds. The Morgan fingerprint density at radius 1 is 0.857 bits per heavy atom. The Bertz CT molecular complexity index is 982. The molecule has 0 aromatic heterocycles. The average molecular weight is 384 g/mol. The first kappa shape index (κ1) is 18.1. The van der Waals surface area contributed by atoms with Crippen LogP contribution in [0.4, 0.5) is 13.2 Å². The highest BCUT2D eigenvalue weighted by Gasteiger charge is 2.35. The normalized spacial score (nSPS) is 13.2. The highest BCUT2D eigenvalue weighted by molar-refractivity contribution is 5.85. The fraction of sp³-hybridized carbons (Fsp3) is 0.136. The number of para-hydroxylation sites is 2. The van der Waals surface area contributed by atoms with Gasteiger partial charge in [0.1, 0.15) is 24.0 Å². The molecule has 6 heteroatoms. The monoisotopic (exact) mass is 384 g/mol. The number of hydrogen-bond donors (Lipinski definition) is 0. The Morgan fingerprint density at radius 2 is 1.39 bits per heavy atom. The van der Waals surface area contributed by atoms with E-state index in [4.69, 9.17) is 9.47 Å². The van der Waals surface area contributed by atoms with Crippen LogP contribution in [-0.2, 0) is 22.3 Å². The van der Waals surface area contributed by atoms with Crippen LogP contribution in [0.5, 0.6) is 11.5 Å². The number of benzene rings is 3. The summed E-state index contributed by atoms with van der Waals surface area (Å²) in [5, 5.41) is 0. The van der Waals surface area contributed by atoms with E-state index in [9.17, 15) is 18.0 Å². The second-order valence-corrected chi connectivity index (χ2v) is 6.37. The van der Waals surface area contributed by atoms with Crippen LogP contribution in [0.1, 0.15) is 28.2 Å². The Hall–Kier alpha value is -3.28. The van der Waals surface area contributed by atoms with Crippen molar-refractivity contribution in [3.63, 3.8) is 0 Å². The molecule has 3 aromatic carbocycles. The number of alkyl halides is 3. The topological polar surface area (TPSA) is 35.5 Å².